The van der Waals surface area contributed by atoms with Crippen LogP contribution in [0.25, 0.3) is 0 Å². The molecular weight excluding hydrogens is 409 g/mol. The Labute approximate surface area is 169 Å². The summed E-state index contributed by atoms with van der Waals surface area (Å²) in [6.45, 7) is -0.146. The van der Waals surface area contributed by atoms with Gasteiger partial charge in [-0.05, 0) is 42.0 Å². The quantitative estimate of drug-likeness (QED) is 0.531. The molecule has 0 amide bonds. The van der Waals surface area contributed by atoms with Crippen molar-refractivity contribution in [2.75, 3.05) is 0 Å². The zero-order chi connectivity index (χ0) is 20.1. The lowest BCUT2D eigenvalue weighted by molar-refractivity contribution is -0.137. The van der Waals surface area contributed by atoms with Gasteiger partial charge in [0.1, 0.15) is 6.61 Å². The van der Waals surface area contributed by atoms with Crippen molar-refractivity contribution in [2.24, 2.45) is 0 Å². The fourth-order valence-electron chi connectivity index (χ4n) is 2.36. The lowest BCUT2D eigenvalue weighted by atomic mass is 10.1. The Balaban J connectivity index is 1.77. The van der Waals surface area contributed by atoms with E-state index in [0.29, 0.717) is 26.8 Å². The maximum atomic E-state index is 12.6. The van der Waals surface area contributed by atoms with E-state index >= 15 is 0 Å². The molecule has 0 aliphatic rings. The highest BCUT2D eigenvalue weighted by atomic mass is 35.5. The molecule has 2 aromatic carbocycles. The van der Waals surface area contributed by atoms with Crippen LogP contribution in [0.1, 0.15) is 27.1 Å². The first-order valence-electron chi connectivity index (χ1n) is 8.14. The second-order valence-corrected chi connectivity index (χ2v) is 7.20. The van der Waals surface area contributed by atoms with Crippen molar-refractivity contribution < 1.29 is 23.0 Å². The summed E-state index contributed by atoms with van der Waals surface area (Å²) in [7, 11) is 0. The summed E-state index contributed by atoms with van der Waals surface area (Å²) in [5.74, 6) is 6.44. The van der Waals surface area contributed by atoms with Crippen LogP contribution < -0.4 is 4.74 Å². The molecule has 1 aromatic heterocycles. The minimum absolute atomic E-state index is 0.0670. The average molecular weight is 423 g/mol. The van der Waals surface area contributed by atoms with Gasteiger partial charge in [-0.2, -0.15) is 13.2 Å². The third-order valence-electron chi connectivity index (χ3n) is 3.81. The SMILES string of the molecule is OCc1scc(C#Cc2ccc(Cl)cc2)c1OCc1ccc(C(F)(F)F)cc1. The van der Waals surface area contributed by atoms with E-state index in [4.69, 9.17) is 16.3 Å². The van der Waals surface area contributed by atoms with E-state index in [9.17, 15) is 18.3 Å². The van der Waals surface area contributed by atoms with Gasteiger partial charge in [0.15, 0.2) is 5.75 Å². The van der Waals surface area contributed by atoms with Crippen LogP contribution in [0.4, 0.5) is 13.2 Å². The van der Waals surface area contributed by atoms with E-state index in [1.807, 2.05) is 0 Å². The number of benzene rings is 2. The summed E-state index contributed by atoms with van der Waals surface area (Å²) < 4.78 is 43.7. The molecule has 3 aromatic rings. The van der Waals surface area contributed by atoms with Gasteiger partial charge in [-0.1, -0.05) is 35.6 Å². The number of aliphatic hydroxyl groups excluding tert-OH is 1. The monoisotopic (exact) mass is 422 g/mol. The molecule has 0 fully saturated rings. The van der Waals surface area contributed by atoms with Gasteiger partial charge in [0.05, 0.1) is 22.6 Å². The lowest BCUT2D eigenvalue weighted by Crippen LogP contribution is -2.05. The molecule has 0 saturated heterocycles. The largest absolute Gasteiger partial charge is 0.486 e. The number of hydrogen-bond donors (Lipinski definition) is 1. The smallest absolute Gasteiger partial charge is 0.416 e. The normalized spacial score (nSPS) is 11.0. The summed E-state index contributed by atoms with van der Waals surface area (Å²) in [5.41, 5.74) is 1.25. The number of aliphatic hydroxyl groups is 1. The standard InChI is InChI=1S/C21H14ClF3O2S/c22-18-9-4-14(5-10-18)1-6-16-13-28-19(11-26)20(16)27-12-15-2-7-17(8-3-15)21(23,24)25/h2-5,7-10,13,26H,11-12H2. The van der Waals surface area contributed by atoms with Crippen molar-refractivity contribution in [2.45, 2.75) is 19.4 Å². The highest BCUT2D eigenvalue weighted by Crippen LogP contribution is 2.32. The van der Waals surface area contributed by atoms with Gasteiger partial charge < -0.3 is 9.84 Å². The molecule has 0 unspecified atom stereocenters. The van der Waals surface area contributed by atoms with Crippen molar-refractivity contribution in [3.8, 4) is 17.6 Å². The molecule has 0 atom stereocenters. The average Bonchev–Trinajstić information content (AvgIpc) is 3.07. The Morgan fingerprint density at radius 3 is 2.29 bits per heavy atom. The summed E-state index contributed by atoms with van der Waals surface area (Å²) in [6.07, 6.45) is -4.37. The molecule has 144 valence electrons. The number of ether oxygens (including phenoxy) is 1. The predicted octanol–water partition coefficient (Wildman–Crippen LogP) is 5.89. The third kappa shape index (κ3) is 5.08. The zero-order valence-electron chi connectivity index (χ0n) is 14.4. The van der Waals surface area contributed by atoms with Crippen LogP contribution in [0.2, 0.25) is 5.02 Å². The van der Waals surface area contributed by atoms with Crippen LogP contribution in [-0.4, -0.2) is 5.11 Å². The molecule has 2 nitrogen and oxygen atoms in total. The Kier molecular flexibility index (Phi) is 6.30. The summed E-state index contributed by atoms with van der Waals surface area (Å²) in [6, 6.07) is 11.8. The molecule has 28 heavy (non-hydrogen) atoms. The summed E-state index contributed by atoms with van der Waals surface area (Å²) in [4.78, 5) is 0.604. The van der Waals surface area contributed by atoms with Gasteiger partial charge in [-0.15, -0.1) is 11.3 Å². The van der Waals surface area contributed by atoms with E-state index < -0.39 is 11.7 Å². The Hall–Kier alpha value is -2.46. The van der Waals surface area contributed by atoms with E-state index in [-0.39, 0.29) is 13.2 Å². The lowest BCUT2D eigenvalue weighted by Gasteiger charge is -2.10. The molecule has 0 spiro atoms. The molecule has 0 aliphatic heterocycles. The number of alkyl halides is 3. The number of thiophene rings is 1. The topological polar surface area (TPSA) is 29.5 Å². The zero-order valence-corrected chi connectivity index (χ0v) is 16.0. The molecule has 0 aliphatic carbocycles. The minimum Gasteiger partial charge on any atom is -0.486 e. The summed E-state index contributed by atoms with van der Waals surface area (Å²) in [5, 5.41) is 11.9. The molecule has 0 bridgehead atoms. The van der Waals surface area contributed by atoms with Crippen LogP contribution in [-0.2, 0) is 19.4 Å². The Bertz CT molecular complexity index is 997. The van der Waals surface area contributed by atoms with E-state index in [0.717, 1.165) is 17.7 Å². The molecule has 1 heterocycles. The van der Waals surface area contributed by atoms with Crippen molar-refractivity contribution in [1.82, 2.24) is 0 Å². The minimum atomic E-state index is -4.37. The van der Waals surface area contributed by atoms with Crippen LogP contribution >= 0.6 is 22.9 Å². The van der Waals surface area contributed by atoms with Crippen molar-refractivity contribution in [3.63, 3.8) is 0 Å². The molecular formula is C21H14ClF3O2S. The van der Waals surface area contributed by atoms with Crippen LogP contribution in [0.15, 0.2) is 53.9 Å². The van der Waals surface area contributed by atoms with Crippen LogP contribution in [0.3, 0.4) is 0 Å². The molecule has 0 radical (unpaired) electrons. The van der Waals surface area contributed by atoms with Crippen LogP contribution in [0.5, 0.6) is 5.75 Å². The van der Waals surface area contributed by atoms with Gasteiger partial charge in [0.25, 0.3) is 0 Å². The van der Waals surface area contributed by atoms with Gasteiger partial charge in [0, 0.05) is 16.0 Å². The first-order valence-corrected chi connectivity index (χ1v) is 9.40. The number of rotatable bonds is 4. The maximum Gasteiger partial charge on any atom is 0.416 e. The van der Waals surface area contributed by atoms with E-state index in [2.05, 4.69) is 11.8 Å². The fourth-order valence-corrected chi connectivity index (χ4v) is 3.26. The first kappa shape index (κ1) is 20.3. The predicted molar refractivity (Wildman–Crippen MR) is 103 cm³/mol. The van der Waals surface area contributed by atoms with Gasteiger partial charge in [-0.3, -0.25) is 0 Å². The Morgan fingerprint density at radius 1 is 1.00 bits per heavy atom. The van der Waals surface area contributed by atoms with Gasteiger partial charge in [0.2, 0.25) is 0 Å². The number of hydrogen-bond acceptors (Lipinski definition) is 3. The van der Waals surface area contributed by atoms with Crippen molar-refractivity contribution >= 4 is 22.9 Å². The number of halogens is 4. The molecule has 0 saturated carbocycles. The Morgan fingerprint density at radius 2 is 1.68 bits per heavy atom. The molecule has 3 rings (SSSR count). The van der Waals surface area contributed by atoms with Crippen molar-refractivity contribution in [1.29, 1.82) is 0 Å². The summed E-state index contributed by atoms with van der Waals surface area (Å²) >= 11 is 7.16. The second-order valence-electron chi connectivity index (χ2n) is 5.80. The highest BCUT2D eigenvalue weighted by molar-refractivity contribution is 7.10. The van der Waals surface area contributed by atoms with E-state index in [1.165, 1.54) is 23.5 Å². The highest BCUT2D eigenvalue weighted by Gasteiger charge is 2.29. The van der Waals surface area contributed by atoms with Gasteiger partial charge >= 0.3 is 6.18 Å². The maximum absolute atomic E-state index is 12.6. The first-order chi connectivity index (χ1) is 13.4. The van der Waals surface area contributed by atoms with E-state index in [1.54, 1.807) is 29.6 Å². The third-order valence-corrected chi connectivity index (χ3v) is 5.02. The van der Waals surface area contributed by atoms with Crippen molar-refractivity contribution in [3.05, 3.63) is 86.1 Å². The molecule has 1 N–H and O–H groups in total. The van der Waals surface area contributed by atoms with Crippen LogP contribution in [0, 0.1) is 11.8 Å². The van der Waals surface area contributed by atoms with Gasteiger partial charge in [-0.25, -0.2) is 0 Å². The molecule has 7 heteroatoms. The second kappa shape index (κ2) is 8.70. The fraction of sp³-hybridized carbons (Fsp3) is 0.143.